The molecule has 2 aromatic carbocycles. The molecule has 2 aliphatic carbocycles. The molecule has 4 heterocycles. The number of para-hydroxylation sites is 4. The lowest BCUT2D eigenvalue weighted by Crippen LogP contribution is -2.44. The van der Waals surface area contributed by atoms with Crippen LogP contribution < -0.4 is 0 Å². The standard InChI is InChI=1S/C30H22N4O2/c1-13-15(3)23-26-22(28-32-18-10-6-8-12-20(18)34(28)29(23)35)14(2)16(4)24-25(26)21(13)27-31-17-9-5-7-11-19(17)33(27)30(24)36/h5-12,25-26H,1-4H3. The van der Waals surface area contributed by atoms with E-state index < -0.39 is 0 Å². The molecule has 6 nitrogen and oxygen atoms in total. The van der Waals surface area contributed by atoms with Crippen LogP contribution in [0.4, 0.5) is 0 Å². The van der Waals surface area contributed by atoms with Crippen molar-refractivity contribution in [1.82, 2.24) is 19.1 Å². The van der Waals surface area contributed by atoms with E-state index >= 15 is 0 Å². The lowest BCUT2D eigenvalue weighted by atomic mass is 9.59. The van der Waals surface area contributed by atoms with E-state index in [9.17, 15) is 9.59 Å². The van der Waals surface area contributed by atoms with Crippen molar-refractivity contribution in [3.05, 3.63) is 93.6 Å². The molecule has 0 spiro atoms. The lowest BCUT2D eigenvalue weighted by Gasteiger charge is -2.46. The summed E-state index contributed by atoms with van der Waals surface area (Å²) in [7, 11) is 0. The number of imidazole rings is 2. The highest BCUT2D eigenvalue weighted by Gasteiger charge is 2.54. The molecule has 0 saturated heterocycles. The van der Waals surface area contributed by atoms with Gasteiger partial charge in [0.15, 0.2) is 0 Å². The fraction of sp³-hybridized carbons (Fsp3) is 0.200. The zero-order valence-electron chi connectivity index (χ0n) is 20.4. The van der Waals surface area contributed by atoms with E-state index in [1.54, 1.807) is 9.13 Å². The van der Waals surface area contributed by atoms with Crippen molar-refractivity contribution in [2.45, 2.75) is 27.7 Å². The van der Waals surface area contributed by atoms with Gasteiger partial charge in [0.1, 0.15) is 11.6 Å². The molecule has 2 atom stereocenters. The maximum absolute atomic E-state index is 14.2. The SMILES string of the molecule is CC1=C2C(=O)n3c(nc4ccccc43)C3=C(C)C(C)=C4C(=O)n5c(nc6ccccc65)C(=C1C)C4C23. The number of hydrogen-bond acceptors (Lipinski definition) is 4. The van der Waals surface area contributed by atoms with Crippen molar-refractivity contribution in [2.75, 3.05) is 0 Å². The quantitative estimate of drug-likeness (QED) is 0.324. The Morgan fingerprint density at radius 1 is 0.556 bits per heavy atom. The number of aromatic nitrogens is 4. The van der Waals surface area contributed by atoms with Gasteiger partial charge < -0.3 is 0 Å². The number of allylic oxidation sites excluding steroid dienone is 8. The van der Waals surface area contributed by atoms with Gasteiger partial charge in [-0.15, -0.1) is 0 Å². The molecule has 6 heteroatoms. The molecule has 0 amide bonds. The highest BCUT2D eigenvalue weighted by atomic mass is 16.2. The Labute approximate surface area is 207 Å². The Kier molecular flexibility index (Phi) is 3.47. The largest absolute Gasteiger partial charge is 0.269 e. The summed E-state index contributed by atoms with van der Waals surface area (Å²) in [6, 6.07) is 15.6. The minimum absolute atomic E-state index is 0.0402. The summed E-state index contributed by atoms with van der Waals surface area (Å²) in [6.45, 7) is 8.22. The molecule has 0 bridgehead atoms. The van der Waals surface area contributed by atoms with Crippen molar-refractivity contribution >= 4 is 45.0 Å². The van der Waals surface area contributed by atoms with Crippen LogP contribution in [-0.2, 0) is 0 Å². The molecular weight excluding hydrogens is 448 g/mol. The average molecular weight is 471 g/mol. The smallest absolute Gasteiger partial charge is 0.260 e. The van der Waals surface area contributed by atoms with Crippen LogP contribution in [0.15, 0.2) is 82.0 Å². The van der Waals surface area contributed by atoms with Crippen LogP contribution in [0, 0.1) is 11.8 Å². The number of hydrogen-bond donors (Lipinski definition) is 0. The number of carbonyl (C=O) groups is 2. The average Bonchev–Trinajstić information content (AvgIpc) is 3.45. The maximum atomic E-state index is 14.2. The fourth-order valence-electron chi connectivity index (χ4n) is 6.96. The van der Waals surface area contributed by atoms with Gasteiger partial charge in [-0.3, -0.25) is 18.7 Å². The molecule has 0 radical (unpaired) electrons. The monoisotopic (exact) mass is 470 g/mol. The van der Waals surface area contributed by atoms with Crippen LogP contribution in [0.3, 0.4) is 0 Å². The molecule has 2 unspecified atom stereocenters. The first-order valence-electron chi connectivity index (χ1n) is 12.3. The second-order valence-electron chi connectivity index (χ2n) is 10.2. The molecule has 4 aromatic rings. The summed E-state index contributed by atoms with van der Waals surface area (Å²) in [6.07, 6.45) is 0. The molecular formula is C30H22N4O2. The van der Waals surface area contributed by atoms with Gasteiger partial charge in [-0.25, -0.2) is 9.97 Å². The van der Waals surface area contributed by atoms with Gasteiger partial charge in [0.2, 0.25) is 0 Å². The van der Waals surface area contributed by atoms with E-state index in [0.717, 1.165) is 66.7 Å². The van der Waals surface area contributed by atoms with E-state index in [0.29, 0.717) is 11.6 Å². The third kappa shape index (κ3) is 2.03. The van der Waals surface area contributed by atoms with Gasteiger partial charge in [-0.2, -0.15) is 0 Å². The van der Waals surface area contributed by atoms with Gasteiger partial charge in [-0.1, -0.05) is 24.3 Å². The van der Waals surface area contributed by atoms with E-state index in [2.05, 4.69) is 13.8 Å². The van der Waals surface area contributed by atoms with Crippen molar-refractivity contribution in [3.8, 4) is 0 Å². The van der Waals surface area contributed by atoms with Gasteiger partial charge in [-0.05, 0) is 74.3 Å². The second kappa shape index (κ2) is 6.26. The molecule has 174 valence electrons. The Morgan fingerprint density at radius 2 is 0.917 bits per heavy atom. The van der Waals surface area contributed by atoms with Gasteiger partial charge in [0, 0.05) is 34.1 Å². The summed E-state index contributed by atoms with van der Waals surface area (Å²) in [5.41, 5.74) is 10.9. The molecule has 8 rings (SSSR count). The number of benzene rings is 2. The van der Waals surface area contributed by atoms with Crippen LogP contribution in [0.2, 0.25) is 0 Å². The van der Waals surface area contributed by atoms with Crippen molar-refractivity contribution in [3.63, 3.8) is 0 Å². The zero-order valence-corrected chi connectivity index (χ0v) is 20.4. The Hall–Kier alpha value is -4.32. The van der Waals surface area contributed by atoms with Crippen molar-refractivity contribution < 1.29 is 9.59 Å². The molecule has 0 fully saturated rings. The molecule has 4 aliphatic rings. The van der Waals surface area contributed by atoms with Crippen molar-refractivity contribution in [1.29, 1.82) is 0 Å². The fourth-order valence-corrected chi connectivity index (χ4v) is 6.96. The van der Waals surface area contributed by atoms with E-state index in [1.807, 2.05) is 62.4 Å². The predicted molar refractivity (Wildman–Crippen MR) is 138 cm³/mol. The highest BCUT2D eigenvalue weighted by Crippen LogP contribution is 2.59. The minimum atomic E-state index is -0.253. The summed E-state index contributed by atoms with van der Waals surface area (Å²) in [5, 5.41) is 0. The van der Waals surface area contributed by atoms with Crippen LogP contribution in [0.5, 0.6) is 0 Å². The van der Waals surface area contributed by atoms with E-state index in [-0.39, 0.29) is 23.7 Å². The topological polar surface area (TPSA) is 69.8 Å². The molecule has 36 heavy (non-hydrogen) atoms. The maximum Gasteiger partial charge on any atom is 0.260 e. The second-order valence-corrected chi connectivity index (χ2v) is 10.2. The minimum Gasteiger partial charge on any atom is -0.269 e. The number of carbonyl (C=O) groups excluding carboxylic acids is 2. The third-order valence-electron chi connectivity index (χ3n) is 8.79. The first-order valence-corrected chi connectivity index (χ1v) is 12.3. The van der Waals surface area contributed by atoms with Crippen LogP contribution >= 0.6 is 0 Å². The lowest BCUT2D eigenvalue weighted by molar-refractivity contribution is 0.0911. The Morgan fingerprint density at radius 3 is 1.33 bits per heavy atom. The van der Waals surface area contributed by atoms with E-state index in [4.69, 9.17) is 9.97 Å². The summed E-state index contributed by atoms with van der Waals surface area (Å²) >= 11 is 0. The Balaban J connectivity index is 1.56. The normalized spacial score (nSPS) is 22.7. The van der Waals surface area contributed by atoms with Crippen molar-refractivity contribution in [2.24, 2.45) is 11.8 Å². The Bertz CT molecular complexity index is 1780. The molecule has 2 aromatic heterocycles. The number of fused-ring (bicyclic) bond motifs is 8. The van der Waals surface area contributed by atoms with Gasteiger partial charge in [0.25, 0.3) is 11.8 Å². The van der Waals surface area contributed by atoms with Crippen LogP contribution in [-0.4, -0.2) is 30.9 Å². The molecule has 0 saturated carbocycles. The highest BCUT2D eigenvalue weighted by molar-refractivity contribution is 6.16. The van der Waals surface area contributed by atoms with Gasteiger partial charge >= 0.3 is 0 Å². The number of nitrogens with zero attached hydrogens (tertiary/aromatic N) is 4. The summed E-state index contributed by atoms with van der Waals surface area (Å²) in [5.74, 6) is 0.810. The number of rotatable bonds is 0. The zero-order chi connectivity index (χ0) is 24.6. The van der Waals surface area contributed by atoms with Crippen LogP contribution in [0.1, 0.15) is 48.9 Å². The van der Waals surface area contributed by atoms with E-state index in [1.165, 1.54) is 0 Å². The first-order chi connectivity index (χ1) is 17.4. The van der Waals surface area contributed by atoms with Gasteiger partial charge in [0.05, 0.1) is 22.1 Å². The summed E-state index contributed by atoms with van der Waals surface area (Å²) < 4.78 is 3.56. The predicted octanol–water partition coefficient (Wildman–Crippen LogP) is 5.83. The molecule has 0 N–H and O–H groups in total. The summed E-state index contributed by atoms with van der Waals surface area (Å²) in [4.78, 5) is 38.3. The third-order valence-corrected chi connectivity index (χ3v) is 8.79. The van der Waals surface area contributed by atoms with Crippen LogP contribution in [0.25, 0.3) is 33.2 Å². The molecule has 2 aliphatic heterocycles. The first kappa shape index (κ1) is 19.9.